The number of esters is 1. The van der Waals surface area contributed by atoms with Crippen LogP contribution in [0.5, 0.6) is 0 Å². The van der Waals surface area contributed by atoms with Gasteiger partial charge in [-0.1, -0.05) is 58.2 Å². The van der Waals surface area contributed by atoms with Crippen molar-refractivity contribution in [3.8, 4) is 0 Å². The standard InChI is InChI=1S/C31H29BrN2O6/c1-6-40-29(39)20-17(4)31(32)23-21(25(35)33(27(23)37)18-11-7-15(2)8-12-18)30(20,5)22-24(31)28(38)34(26(22)36)19-13-9-16(3)10-14-19/h7-14,21-24H,6H2,1-5H3. The molecule has 206 valence electrons. The van der Waals surface area contributed by atoms with Crippen LogP contribution in [0.2, 0.25) is 0 Å². The molecule has 1 saturated carbocycles. The molecule has 2 heterocycles. The summed E-state index contributed by atoms with van der Waals surface area (Å²) in [6.07, 6.45) is 0. The van der Waals surface area contributed by atoms with Crippen molar-refractivity contribution >= 4 is 56.9 Å². The van der Waals surface area contributed by atoms with Crippen molar-refractivity contribution in [3.63, 3.8) is 0 Å². The fourth-order valence-electron chi connectivity index (χ4n) is 7.63. The zero-order valence-electron chi connectivity index (χ0n) is 22.9. The van der Waals surface area contributed by atoms with Crippen molar-refractivity contribution in [1.29, 1.82) is 0 Å². The van der Waals surface area contributed by atoms with Gasteiger partial charge in [0.1, 0.15) is 0 Å². The molecule has 2 bridgehead atoms. The lowest BCUT2D eigenvalue weighted by Crippen LogP contribution is -2.67. The molecule has 2 aromatic rings. The summed E-state index contributed by atoms with van der Waals surface area (Å²) in [4.78, 5) is 72.8. The highest BCUT2D eigenvalue weighted by Gasteiger charge is 2.81. The first-order valence-corrected chi connectivity index (χ1v) is 14.2. The van der Waals surface area contributed by atoms with Crippen LogP contribution in [-0.4, -0.2) is 40.5 Å². The zero-order chi connectivity index (χ0) is 28.9. The molecule has 2 aliphatic heterocycles. The Bertz CT molecular complexity index is 1450. The number of amides is 4. The monoisotopic (exact) mass is 604 g/mol. The molecule has 5 aliphatic rings. The van der Waals surface area contributed by atoms with Gasteiger partial charge in [-0.05, 0) is 57.5 Å². The number of nitrogens with zero attached hydrogens (tertiary/aromatic N) is 2. The highest BCUT2D eigenvalue weighted by molar-refractivity contribution is 9.10. The molecule has 9 heteroatoms. The predicted octanol–water partition coefficient (Wildman–Crippen LogP) is 4.26. The Hall–Kier alpha value is -3.59. The number of hydrogen-bond donors (Lipinski definition) is 0. The summed E-state index contributed by atoms with van der Waals surface area (Å²) in [5.41, 5.74) is 1.94. The minimum Gasteiger partial charge on any atom is -0.463 e. The maximum Gasteiger partial charge on any atom is 0.334 e. The van der Waals surface area contributed by atoms with Crippen LogP contribution in [0.25, 0.3) is 0 Å². The van der Waals surface area contributed by atoms with Gasteiger partial charge in [-0.25, -0.2) is 14.6 Å². The van der Waals surface area contributed by atoms with Gasteiger partial charge in [-0.15, -0.1) is 0 Å². The molecular weight excluding hydrogens is 576 g/mol. The molecule has 0 spiro atoms. The molecule has 3 fully saturated rings. The summed E-state index contributed by atoms with van der Waals surface area (Å²) < 4.78 is 4.00. The number of carbonyl (C=O) groups is 5. The fraction of sp³-hybridized carbons (Fsp3) is 0.387. The van der Waals surface area contributed by atoms with Crippen molar-refractivity contribution in [2.24, 2.45) is 29.1 Å². The van der Waals surface area contributed by atoms with E-state index in [-0.39, 0.29) is 12.2 Å². The SMILES string of the molecule is CCOC(=O)C1=C(C)C2(Br)C3C(=O)N(c4ccc(C)cc4)C(=O)C3C1(C)C1C(=O)N(c3ccc(C)cc3)C(=O)C12. The number of halogens is 1. The second kappa shape index (κ2) is 8.70. The third-order valence-corrected chi connectivity index (χ3v) is 10.9. The van der Waals surface area contributed by atoms with Crippen LogP contribution < -0.4 is 9.80 Å². The number of hydrogen-bond acceptors (Lipinski definition) is 6. The summed E-state index contributed by atoms with van der Waals surface area (Å²) in [6.45, 7) is 8.96. The van der Waals surface area contributed by atoms with Crippen LogP contribution in [0.3, 0.4) is 0 Å². The van der Waals surface area contributed by atoms with E-state index in [0.717, 1.165) is 20.9 Å². The largest absolute Gasteiger partial charge is 0.463 e. The fourth-order valence-corrected chi connectivity index (χ4v) is 8.75. The van der Waals surface area contributed by atoms with Crippen LogP contribution in [0.1, 0.15) is 31.9 Å². The lowest BCUT2D eigenvalue weighted by atomic mass is 9.43. The molecule has 2 saturated heterocycles. The number of alkyl halides is 1. The minimum absolute atomic E-state index is 0.0912. The first-order valence-electron chi connectivity index (χ1n) is 13.4. The number of allylic oxidation sites excluding steroid dienone is 1. The van der Waals surface area contributed by atoms with Gasteiger partial charge in [0.2, 0.25) is 23.6 Å². The number of aryl methyl sites for hydroxylation is 2. The number of rotatable bonds is 4. The number of ether oxygens (including phenoxy) is 1. The Morgan fingerprint density at radius 1 is 0.750 bits per heavy atom. The Kier molecular flexibility index (Phi) is 5.79. The van der Waals surface area contributed by atoms with Gasteiger partial charge in [0, 0.05) is 11.0 Å². The van der Waals surface area contributed by atoms with E-state index in [0.29, 0.717) is 16.9 Å². The van der Waals surface area contributed by atoms with E-state index in [1.807, 2.05) is 38.1 Å². The van der Waals surface area contributed by atoms with Crippen LogP contribution in [-0.2, 0) is 28.7 Å². The van der Waals surface area contributed by atoms with Gasteiger partial charge >= 0.3 is 5.97 Å². The molecule has 4 unspecified atom stereocenters. The first-order chi connectivity index (χ1) is 18.9. The van der Waals surface area contributed by atoms with Gasteiger partial charge in [-0.2, -0.15) is 0 Å². The van der Waals surface area contributed by atoms with Crippen LogP contribution in [0.15, 0.2) is 59.7 Å². The quantitative estimate of drug-likeness (QED) is 0.294. The normalized spacial score (nSPS) is 32.6. The Labute approximate surface area is 240 Å². The van der Waals surface area contributed by atoms with E-state index >= 15 is 0 Å². The third kappa shape index (κ3) is 3.09. The summed E-state index contributed by atoms with van der Waals surface area (Å²) in [5.74, 6) is -6.67. The molecule has 0 radical (unpaired) electrons. The van der Waals surface area contributed by atoms with E-state index in [1.165, 1.54) is 0 Å². The molecule has 0 N–H and O–H groups in total. The molecule has 3 aliphatic carbocycles. The van der Waals surface area contributed by atoms with Crippen LogP contribution in [0, 0.1) is 42.9 Å². The average Bonchev–Trinajstić information content (AvgIpc) is 3.34. The van der Waals surface area contributed by atoms with Gasteiger partial charge in [0.15, 0.2) is 0 Å². The Balaban J connectivity index is 1.58. The van der Waals surface area contributed by atoms with E-state index in [1.54, 1.807) is 45.0 Å². The second-order valence-electron chi connectivity index (χ2n) is 11.4. The first kappa shape index (κ1) is 26.6. The van der Waals surface area contributed by atoms with Crippen LogP contribution in [0.4, 0.5) is 11.4 Å². The summed E-state index contributed by atoms with van der Waals surface area (Å²) >= 11 is 3.79. The van der Waals surface area contributed by atoms with E-state index in [4.69, 9.17) is 4.74 Å². The number of anilines is 2. The van der Waals surface area contributed by atoms with Crippen molar-refractivity contribution in [1.82, 2.24) is 0 Å². The summed E-state index contributed by atoms with van der Waals surface area (Å²) in [5, 5.41) is 0. The molecule has 2 aromatic carbocycles. The van der Waals surface area contributed by atoms with Gasteiger partial charge in [0.05, 0.1) is 46.0 Å². The predicted molar refractivity (Wildman–Crippen MR) is 150 cm³/mol. The highest BCUT2D eigenvalue weighted by atomic mass is 79.9. The maximum absolute atomic E-state index is 14.3. The van der Waals surface area contributed by atoms with Crippen molar-refractivity contribution in [2.45, 2.75) is 38.9 Å². The molecular formula is C31H29BrN2O6. The summed E-state index contributed by atoms with van der Waals surface area (Å²) in [7, 11) is 0. The molecule has 0 aromatic heterocycles. The van der Waals surface area contributed by atoms with Gasteiger partial charge in [-0.3, -0.25) is 19.2 Å². The lowest BCUT2D eigenvalue weighted by Gasteiger charge is -2.59. The Morgan fingerprint density at radius 2 is 1.12 bits per heavy atom. The topological polar surface area (TPSA) is 101 Å². The van der Waals surface area contributed by atoms with Crippen LogP contribution >= 0.6 is 15.9 Å². The molecule has 40 heavy (non-hydrogen) atoms. The number of benzene rings is 2. The summed E-state index contributed by atoms with van der Waals surface area (Å²) in [6, 6.07) is 14.1. The maximum atomic E-state index is 14.3. The van der Waals surface area contributed by atoms with Gasteiger partial charge < -0.3 is 4.74 Å². The smallest absolute Gasteiger partial charge is 0.334 e. The second-order valence-corrected chi connectivity index (χ2v) is 12.7. The number of carbonyl (C=O) groups excluding carboxylic acids is 5. The molecule has 7 rings (SSSR count). The van der Waals surface area contributed by atoms with E-state index in [2.05, 4.69) is 15.9 Å². The molecule has 8 nitrogen and oxygen atoms in total. The Morgan fingerprint density at radius 3 is 1.50 bits per heavy atom. The van der Waals surface area contributed by atoms with E-state index < -0.39 is 63.0 Å². The van der Waals surface area contributed by atoms with Crippen molar-refractivity contribution in [3.05, 3.63) is 70.8 Å². The molecule has 4 atom stereocenters. The average molecular weight is 605 g/mol. The molecule has 4 amide bonds. The van der Waals surface area contributed by atoms with Gasteiger partial charge in [0.25, 0.3) is 0 Å². The van der Waals surface area contributed by atoms with E-state index in [9.17, 15) is 24.0 Å². The highest BCUT2D eigenvalue weighted by Crippen LogP contribution is 2.72. The third-order valence-electron chi connectivity index (χ3n) is 9.36. The lowest BCUT2D eigenvalue weighted by molar-refractivity contribution is -0.152. The van der Waals surface area contributed by atoms with Crippen molar-refractivity contribution in [2.75, 3.05) is 16.4 Å². The number of imide groups is 2. The zero-order valence-corrected chi connectivity index (χ0v) is 24.4. The minimum atomic E-state index is -1.46. The van der Waals surface area contributed by atoms with Crippen molar-refractivity contribution < 1.29 is 28.7 Å².